The van der Waals surface area contributed by atoms with E-state index >= 15 is 0 Å². The van der Waals surface area contributed by atoms with Gasteiger partial charge in [-0.25, -0.2) is 4.39 Å². The quantitative estimate of drug-likeness (QED) is 0.262. The van der Waals surface area contributed by atoms with Crippen molar-refractivity contribution in [1.29, 1.82) is 0 Å². The van der Waals surface area contributed by atoms with Crippen LogP contribution in [0.2, 0.25) is 0 Å². The van der Waals surface area contributed by atoms with Crippen molar-refractivity contribution in [2.75, 3.05) is 17.7 Å². The summed E-state index contributed by atoms with van der Waals surface area (Å²) in [7, 11) is 1.91. The first-order valence-corrected chi connectivity index (χ1v) is 11.8. The Balaban J connectivity index is 1.34. The number of amides is 1. The molecule has 1 amide bonds. The van der Waals surface area contributed by atoms with E-state index in [-0.39, 0.29) is 5.56 Å². The van der Waals surface area contributed by atoms with Crippen molar-refractivity contribution < 1.29 is 13.9 Å². The van der Waals surface area contributed by atoms with Gasteiger partial charge in [0.2, 0.25) is 0 Å². The maximum absolute atomic E-state index is 13.8. The number of thioether (sulfide) groups is 1. The molecule has 0 atom stereocenters. The third-order valence-electron chi connectivity index (χ3n) is 5.42. The van der Waals surface area contributed by atoms with Crippen LogP contribution in [0.25, 0.3) is 11.4 Å². The van der Waals surface area contributed by atoms with Gasteiger partial charge in [-0.15, -0.1) is 10.2 Å². The number of rotatable bonds is 8. The van der Waals surface area contributed by atoms with E-state index in [1.807, 2.05) is 35.9 Å². The zero-order valence-corrected chi connectivity index (χ0v) is 20.0. The molecule has 0 radical (unpaired) electrons. The summed E-state index contributed by atoms with van der Waals surface area (Å²) in [5, 5.41) is 12.1. The highest BCUT2D eigenvalue weighted by molar-refractivity contribution is 7.99. The fourth-order valence-electron chi connectivity index (χ4n) is 3.33. The summed E-state index contributed by atoms with van der Waals surface area (Å²) in [6.07, 6.45) is 0. The van der Waals surface area contributed by atoms with E-state index in [1.54, 1.807) is 36.0 Å². The van der Waals surface area contributed by atoms with Gasteiger partial charge in [0.15, 0.2) is 11.0 Å². The fraction of sp³-hybridized carbons (Fsp3) is 0.192. The summed E-state index contributed by atoms with van der Waals surface area (Å²) in [6, 6.07) is 19.2. The van der Waals surface area contributed by atoms with Crippen molar-refractivity contribution in [2.45, 2.75) is 19.0 Å². The molecule has 34 heavy (non-hydrogen) atoms. The maximum Gasteiger partial charge on any atom is 0.258 e. The lowest BCUT2D eigenvalue weighted by atomic mass is 10.1. The molecule has 0 saturated carbocycles. The molecular weight excluding hydrogens is 451 g/mol. The lowest BCUT2D eigenvalue weighted by molar-refractivity contribution is 0.102. The standard InChI is InChI=1S/C26H25FN4O2S/c1-17-8-13-21(16-18(17)2)33-14-15-34-26-30-29-24(31(26)3)19-9-11-20(12-10-19)28-25(32)22-6-4-5-7-23(22)27/h4-13,16H,14-15H2,1-3H3,(H,28,32). The van der Waals surface area contributed by atoms with Gasteiger partial charge in [-0.3, -0.25) is 4.79 Å². The van der Waals surface area contributed by atoms with E-state index in [0.29, 0.717) is 18.1 Å². The van der Waals surface area contributed by atoms with Crippen LogP contribution in [-0.4, -0.2) is 33.0 Å². The van der Waals surface area contributed by atoms with Gasteiger partial charge in [0, 0.05) is 24.1 Å². The first-order valence-electron chi connectivity index (χ1n) is 10.8. The summed E-state index contributed by atoms with van der Waals surface area (Å²) < 4.78 is 21.6. The summed E-state index contributed by atoms with van der Waals surface area (Å²) in [4.78, 5) is 12.3. The van der Waals surface area contributed by atoms with Crippen LogP contribution in [0.5, 0.6) is 5.75 Å². The average molecular weight is 477 g/mol. The van der Waals surface area contributed by atoms with Gasteiger partial charge in [-0.2, -0.15) is 0 Å². The van der Waals surface area contributed by atoms with Crippen LogP contribution in [0.1, 0.15) is 21.5 Å². The number of aromatic nitrogens is 3. The number of ether oxygens (including phenoxy) is 1. The Morgan fingerprint density at radius 3 is 2.53 bits per heavy atom. The van der Waals surface area contributed by atoms with Gasteiger partial charge in [0.05, 0.1) is 12.2 Å². The molecule has 0 bridgehead atoms. The number of benzene rings is 3. The Kier molecular flexibility index (Phi) is 7.27. The van der Waals surface area contributed by atoms with Crippen molar-refractivity contribution in [3.8, 4) is 17.1 Å². The molecule has 0 aliphatic carbocycles. The van der Waals surface area contributed by atoms with E-state index in [4.69, 9.17) is 4.74 Å². The third-order valence-corrected chi connectivity index (χ3v) is 6.40. The minimum Gasteiger partial charge on any atom is -0.493 e. The minimum absolute atomic E-state index is 0.00281. The van der Waals surface area contributed by atoms with Crippen LogP contribution in [-0.2, 0) is 7.05 Å². The second-order valence-corrected chi connectivity index (χ2v) is 8.88. The second kappa shape index (κ2) is 10.5. The van der Waals surface area contributed by atoms with Crippen LogP contribution in [0.15, 0.2) is 71.9 Å². The predicted octanol–water partition coefficient (Wildman–Crippen LogP) is 5.66. The smallest absolute Gasteiger partial charge is 0.258 e. The van der Waals surface area contributed by atoms with Crippen molar-refractivity contribution in [3.63, 3.8) is 0 Å². The SMILES string of the molecule is Cc1ccc(OCCSc2nnc(-c3ccc(NC(=O)c4ccccc4F)cc3)n2C)cc1C. The number of nitrogens with zero attached hydrogens (tertiary/aromatic N) is 3. The number of anilines is 1. The second-order valence-electron chi connectivity index (χ2n) is 7.82. The van der Waals surface area contributed by atoms with Crippen LogP contribution in [0.3, 0.4) is 0 Å². The van der Waals surface area contributed by atoms with E-state index < -0.39 is 11.7 Å². The van der Waals surface area contributed by atoms with Crippen molar-refractivity contribution >= 4 is 23.4 Å². The number of aryl methyl sites for hydroxylation is 2. The number of hydrogen-bond acceptors (Lipinski definition) is 5. The minimum atomic E-state index is -0.555. The molecule has 0 saturated heterocycles. The third kappa shape index (κ3) is 5.46. The van der Waals surface area contributed by atoms with Gasteiger partial charge >= 0.3 is 0 Å². The molecule has 3 aromatic carbocycles. The van der Waals surface area contributed by atoms with E-state index in [1.165, 1.54) is 23.3 Å². The highest BCUT2D eigenvalue weighted by Gasteiger charge is 2.13. The lowest BCUT2D eigenvalue weighted by Crippen LogP contribution is -2.13. The molecular formula is C26H25FN4O2S. The van der Waals surface area contributed by atoms with Gasteiger partial charge < -0.3 is 14.6 Å². The lowest BCUT2D eigenvalue weighted by Gasteiger charge is -2.09. The highest BCUT2D eigenvalue weighted by Crippen LogP contribution is 2.24. The number of nitrogens with one attached hydrogen (secondary N) is 1. The number of halogens is 1. The van der Waals surface area contributed by atoms with Gasteiger partial charge in [-0.05, 0) is 73.5 Å². The summed E-state index contributed by atoms with van der Waals surface area (Å²) in [5.74, 6) is 1.26. The Labute approximate surface area is 202 Å². The van der Waals surface area contributed by atoms with Gasteiger partial charge in [0.25, 0.3) is 5.91 Å². The molecule has 0 unspecified atom stereocenters. The molecule has 0 fully saturated rings. The van der Waals surface area contributed by atoms with Gasteiger partial charge in [-0.1, -0.05) is 30.0 Å². The molecule has 4 aromatic rings. The molecule has 0 aliphatic rings. The van der Waals surface area contributed by atoms with Crippen molar-refractivity contribution in [2.24, 2.45) is 7.05 Å². The molecule has 0 aliphatic heterocycles. The van der Waals surface area contributed by atoms with E-state index in [2.05, 4.69) is 35.4 Å². The molecule has 0 spiro atoms. The topological polar surface area (TPSA) is 69.0 Å². The largest absolute Gasteiger partial charge is 0.493 e. The van der Waals surface area contributed by atoms with Crippen LogP contribution < -0.4 is 10.1 Å². The Bertz CT molecular complexity index is 1300. The first kappa shape index (κ1) is 23.5. The summed E-state index contributed by atoms with van der Waals surface area (Å²) in [6.45, 7) is 4.71. The monoisotopic (exact) mass is 476 g/mol. The Morgan fingerprint density at radius 2 is 1.79 bits per heavy atom. The molecule has 8 heteroatoms. The Hall–Kier alpha value is -3.65. The van der Waals surface area contributed by atoms with Crippen molar-refractivity contribution in [3.05, 3.63) is 89.2 Å². The zero-order valence-electron chi connectivity index (χ0n) is 19.2. The number of carbonyl (C=O) groups excluding carboxylic acids is 1. The molecule has 6 nitrogen and oxygen atoms in total. The molecule has 1 heterocycles. The van der Waals surface area contributed by atoms with E-state index in [0.717, 1.165) is 22.2 Å². The average Bonchev–Trinajstić information content (AvgIpc) is 3.20. The van der Waals surface area contributed by atoms with Crippen LogP contribution >= 0.6 is 11.8 Å². The summed E-state index contributed by atoms with van der Waals surface area (Å²) in [5.41, 5.74) is 3.88. The zero-order chi connectivity index (χ0) is 24.1. The maximum atomic E-state index is 13.8. The number of carbonyl (C=O) groups is 1. The molecule has 1 N–H and O–H groups in total. The summed E-state index contributed by atoms with van der Waals surface area (Å²) >= 11 is 1.57. The van der Waals surface area contributed by atoms with Crippen molar-refractivity contribution in [1.82, 2.24) is 14.8 Å². The fourth-order valence-corrected chi connectivity index (χ4v) is 4.06. The van der Waals surface area contributed by atoms with Crippen LogP contribution in [0.4, 0.5) is 10.1 Å². The molecule has 1 aromatic heterocycles. The van der Waals surface area contributed by atoms with Gasteiger partial charge in [0.1, 0.15) is 11.6 Å². The molecule has 4 rings (SSSR count). The van der Waals surface area contributed by atoms with E-state index in [9.17, 15) is 9.18 Å². The van der Waals surface area contributed by atoms with Crippen LogP contribution in [0, 0.1) is 19.7 Å². The Morgan fingerprint density at radius 1 is 1.03 bits per heavy atom. The predicted molar refractivity (Wildman–Crippen MR) is 133 cm³/mol. The number of hydrogen-bond donors (Lipinski definition) is 1. The normalized spacial score (nSPS) is 10.8. The first-order chi connectivity index (χ1) is 16.4. The molecule has 174 valence electrons. The highest BCUT2D eigenvalue weighted by atomic mass is 32.2.